The van der Waals surface area contributed by atoms with Gasteiger partial charge in [-0.1, -0.05) is 11.6 Å². The highest BCUT2D eigenvalue weighted by Gasteiger charge is 2.34. The van der Waals surface area contributed by atoms with Crippen molar-refractivity contribution in [2.45, 2.75) is 45.8 Å². The van der Waals surface area contributed by atoms with E-state index in [1.807, 2.05) is 27.7 Å². The number of aromatic nitrogens is 2. The van der Waals surface area contributed by atoms with Gasteiger partial charge < -0.3 is 9.47 Å². The first-order chi connectivity index (χ1) is 12.7. The van der Waals surface area contributed by atoms with Crippen molar-refractivity contribution in [1.82, 2.24) is 14.9 Å². The van der Waals surface area contributed by atoms with Gasteiger partial charge in [0.05, 0.1) is 16.8 Å². The quantitative estimate of drug-likeness (QED) is 0.724. The zero-order valence-electron chi connectivity index (χ0n) is 15.6. The van der Waals surface area contributed by atoms with E-state index in [0.29, 0.717) is 30.3 Å². The normalized spacial score (nSPS) is 16.7. The van der Waals surface area contributed by atoms with Crippen LogP contribution in [0.15, 0.2) is 24.5 Å². The highest BCUT2D eigenvalue weighted by atomic mass is 35.5. The molecule has 1 aliphatic rings. The fourth-order valence-electron chi connectivity index (χ4n) is 2.90. The Morgan fingerprint density at radius 3 is 2.74 bits per heavy atom. The van der Waals surface area contributed by atoms with Gasteiger partial charge in [0, 0.05) is 12.1 Å². The molecule has 0 N–H and O–H groups in total. The summed E-state index contributed by atoms with van der Waals surface area (Å²) in [5.74, 6) is 0.212. The number of carbonyl (C=O) groups is 1. The number of amides is 1. The van der Waals surface area contributed by atoms with E-state index in [9.17, 15) is 9.18 Å². The standard InChI is InChI=1S/C19H21ClFN3O3/c1-11-16-13(7-8-24(11)18(25)27-19(2,3)4)17(23-10-22-16)26-15-6-5-12(21)9-14(15)20/h5-6,9-11H,7-8H2,1-4H3. The van der Waals surface area contributed by atoms with Crippen molar-refractivity contribution >= 4 is 17.7 Å². The van der Waals surface area contributed by atoms with Crippen molar-refractivity contribution in [2.75, 3.05) is 6.54 Å². The van der Waals surface area contributed by atoms with Crippen LogP contribution in [0.25, 0.3) is 0 Å². The first-order valence-corrected chi connectivity index (χ1v) is 9.00. The van der Waals surface area contributed by atoms with Crippen LogP contribution in [0.4, 0.5) is 9.18 Å². The molecule has 144 valence electrons. The molecule has 0 spiro atoms. The lowest BCUT2D eigenvalue weighted by molar-refractivity contribution is 0.0153. The summed E-state index contributed by atoms with van der Waals surface area (Å²) in [5, 5.41) is 0.154. The van der Waals surface area contributed by atoms with E-state index in [-0.39, 0.29) is 17.2 Å². The predicted octanol–water partition coefficient (Wildman–Crippen LogP) is 4.92. The summed E-state index contributed by atoms with van der Waals surface area (Å²) < 4.78 is 24.5. The molecule has 3 rings (SSSR count). The minimum absolute atomic E-state index is 0.154. The van der Waals surface area contributed by atoms with Gasteiger partial charge in [0.25, 0.3) is 0 Å². The monoisotopic (exact) mass is 393 g/mol. The Hall–Kier alpha value is -2.41. The van der Waals surface area contributed by atoms with Gasteiger partial charge in [-0.25, -0.2) is 19.2 Å². The van der Waals surface area contributed by atoms with Crippen LogP contribution in [0.5, 0.6) is 11.6 Å². The molecule has 27 heavy (non-hydrogen) atoms. The van der Waals surface area contributed by atoms with Crippen molar-refractivity contribution in [3.05, 3.63) is 46.6 Å². The van der Waals surface area contributed by atoms with Gasteiger partial charge in [-0.05, 0) is 52.3 Å². The number of fused-ring (bicyclic) bond motifs is 1. The summed E-state index contributed by atoms with van der Waals surface area (Å²) in [6, 6.07) is 3.60. The molecule has 0 fully saturated rings. The summed E-state index contributed by atoms with van der Waals surface area (Å²) in [6.45, 7) is 7.81. The van der Waals surface area contributed by atoms with Crippen LogP contribution in [-0.4, -0.2) is 33.1 Å². The number of hydrogen-bond donors (Lipinski definition) is 0. The number of benzene rings is 1. The average Bonchev–Trinajstić information content (AvgIpc) is 2.56. The maximum Gasteiger partial charge on any atom is 0.410 e. The van der Waals surface area contributed by atoms with Crippen LogP contribution in [0.3, 0.4) is 0 Å². The molecule has 1 aliphatic heterocycles. The van der Waals surface area contributed by atoms with E-state index in [1.165, 1.54) is 24.5 Å². The van der Waals surface area contributed by atoms with Gasteiger partial charge in [0.1, 0.15) is 23.5 Å². The van der Waals surface area contributed by atoms with Crippen LogP contribution in [-0.2, 0) is 11.2 Å². The highest BCUT2D eigenvalue weighted by molar-refractivity contribution is 6.32. The van der Waals surface area contributed by atoms with Crippen molar-refractivity contribution in [1.29, 1.82) is 0 Å². The van der Waals surface area contributed by atoms with Crippen molar-refractivity contribution in [2.24, 2.45) is 0 Å². The Labute approximate surface area is 162 Å². The second-order valence-corrected chi connectivity index (χ2v) is 7.73. The van der Waals surface area contributed by atoms with E-state index >= 15 is 0 Å². The minimum atomic E-state index is -0.573. The van der Waals surface area contributed by atoms with Gasteiger partial charge in [-0.2, -0.15) is 0 Å². The molecular formula is C19H21ClFN3O3. The fraction of sp³-hybridized carbons (Fsp3) is 0.421. The van der Waals surface area contributed by atoms with Gasteiger partial charge in [0.15, 0.2) is 0 Å². The minimum Gasteiger partial charge on any atom is -0.444 e. The molecule has 0 bridgehead atoms. The molecule has 1 amide bonds. The second kappa shape index (κ2) is 7.31. The van der Waals surface area contributed by atoms with E-state index in [4.69, 9.17) is 21.1 Å². The van der Waals surface area contributed by atoms with Crippen LogP contribution in [0.1, 0.15) is 45.0 Å². The first-order valence-electron chi connectivity index (χ1n) is 8.62. The Kier molecular flexibility index (Phi) is 5.24. The number of halogens is 2. The maximum atomic E-state index is 13.2. The first kappa shape index (κ1) is 19.4. The number of rotatable bonds is 2. The molecular weight excluding hydrogens is 373 g/mol. The van der Waals surface area contributed by atoms with Gasteiger partial charge in [-0.3, -0.25) is 4.90 Å². The van der Waals surface area contributed by atoms with E-state index < -0.39 is 11.4 Å². The molecule has 0 saturated heterocycles. The largest absolute Gasteiger partial charge is 0.444 e. The number of ether oxygens (including phenoxy) is 2. The number of nitrogens with zero attached hydrogens (tertiary/aromatic N) is 3. The molecule has 8 heteroatoms. The lowest BCUT2D eigenvalue weighted by Crippen LogP contribution is -2.42. The lowest BCUT2D eigenvalue weighted by atomic mass is 10.00. The summed E-state index contributed by atoms with van der Waals surface area (Å²) in [4.78, 5) is 22.6. The molecule has 6 nitrogen and oxygen atoms in total. The number of carbonyl (C=O) groups excluding carboxylic acids is 1. The molecule has 0 radical (unpaired) electrons. The molecule has 0 saturated carbocycles. The third kappa shape index (κ3) is 4.30. The molecule has 2 heterocycles. The zero-order chi connectivity index (χ0) is 19.8. The third-order valence-electron chi connectivity index (χ3n) is 4.13. The van der Waals surface area contributed by atoms with Crippen molar-refractivity contribution in [3.8, 4) is 11.6 Å². The van der Waals surface area contributed by atoms with E-state index in [1.54, 1.807) is 4.90 Å². The zero-order valence-corrected chi connectivity index (χ0v) is 16.4. The third-order valence-corrected chi connectivity index (χ3v) is 4.43. The van der Waals surface area contributed by atoms with Gasteiger partial charge in [0.2, 0.25) is 5.88 Å². The van der Waals surface area contributed by atoms with Gasteiger partial charge in [-0.15, -0.1) is 0 Å². The van der Waals surface area contributed by atoms with Crippen molar-refractivity contribution < 1.29 is 18.7 Å². The summed E-state index contributed by atoms with van der Waals surface area (Å²) in [6.07, 6.45) is 1.50. The molecule has 1 aromatic heterocycles. The molecule has 0 aliphatic carbocycles. The summed E-state index contributed by atoms with van der Waals surface area (Å²) in [5.41, 5.74) is 0.914. The Morgan fingerprint density at radius 1 is 1.33 bits per heavy atom. The SMILES string of the molecule is CC1c2ncnc(Oc3ccc(F)cc3Cl)c2CCN1C(=O)OC(C)(C)C. The molecule has 2 aromatic rings. The summed E-state index contributed by atoms with van der Waals surface area (Å²) >= 11 is 6.04. The Morgan fingerprint density at radius 2 is 2.07 bits per heavy atom. The van der Waals surface area contributed by atoms with Crippen LogP contribution < -0.4 is 4.74 Å². The van der Waals surface area contributed by atoms with Crippen LogP contribution >= 0.6 is 11.6 Å². The maximum absolute atomic E-state index is 13.2. The van der Waals surface area contributed by atoms with Crippen molar-refractivity contribution in [3.63, 3.8) is 0 Å². The smallest absolute Gasteiger partial charge is 0.410 e. The Balaban J connectivity index is 1.86. The Bertz CT molecular complexity index is 870. The van der Waals surface area contributed by atoms with E-state index in [0.717, 1.165) is 5.56 Å². The van der Waals surface area contributed by atoms with Gasteiger partial charge >= 0.3 is 6.09 Å². The van der Waals surface area contributed by atoms with Crippen LogP contribution in [0.2, 0.25) is 5.02 Å². The fourth-order valence-corrected chi connectivity index (χ4v) is 3.10. The predicted molar refractivity (Wildman–Crippen MR) is 98.6 cm³/mol. The molecule has 1 unspecified atom stereocenters. The second-order valence-electron chi connectivity index (χ2n) is 7.32. The lowest BCUT2D eigenvalue weighted by Gasteiger charge is -2.35. The highest BCUT2D eigenvalue weighted by Crippen LogP contribution is 2.36. The summed E-state index contributed by atoms with van der Waals surface area (Å²) in [7, 11) is 0. The topological polar surface area (TPSA) is 64.6 Å². The number of hydrogen-bond acceptors (Lipinski definition) is 5. The van der Waals surface area contributed by atoms with E-state index in [2.05, 4.69) is 9.97 Å². The molecule has 1 aromatic carbocycles. The van der Waals surface area contributed by atoms with Crippen LogP contribution in [0, 0.1) is 5.82 Å². The average molecular weight is 394 g/mol. The molecule has 1 atom stereocenters.